The predicted octanol–water partition coefficient (Wildman–Crippen LogP) is -0.764. The minimum atomic E-state index is -4.84. The highest BCUT2D eigenvalue weighted by molar-refractivity contribution is 7.46. The lowest BCUT2D eigenvalue weighted by Crippen LogP contribution is -2.43. The van der Waals surface area contributed by atoms with Gasteiger partial charge in [0.1, 0.15) is 24.0 Å². The molecular formula is C18H20N3O10P. The first-order chi connectivity index (χ1) is 15.0. The summed E-state index contributed by atoms with van der Waals surface area (Å²) in [5.74, 6) is 0. The number of ether oxygens (including phenoxy) is 1. The summed E-state index contributed by atoms with van der Waals surface area (Å²) in [6, 6.07) is 6.43. The number of aliphatic hydroxyl groups excluding tert-OH is 2. The number of phosphoric acid groups is 1. The number of benzene rings is 1. The summed E-state index contributed by atoms with van der Waals surface area (Å²) in [5, 5.41) is 25.0. The standard InChI is InChI=1S/C18H20N3O10P/c1-9-2-3-12-10(6-9)11(19-31-12)7-21-14(22)4-5-20(18(21)25)17-16(24)15(23)13(30-17)8-29-32(26,27)28/h2-6,13,15-17,23-24H,7-8H2,1H3,(H2,26,27,28)/t13-,15+,16+,17-/m1/s1. The Morgan fingerprint density at radius 2 is 1.94 bits per heavy atom. The second-order valence-corrected chi connectivity index (χ2v) is 8.63. The average Bonchev–Trinajstić information content (AvgIpc) is 3.24. The largest absolute Gasteiger partial charge is 0.469 e. The molecule has 4 atom stereocenters. The number of phosphoric ester groups is 1. The van der Waals surface area contributed by atoms with Gasteiger partial charge in [-0.3, -0.25) is 18.5 Å². The molecule has 0 spiro atoms. The molecule has 4 rings (SSSR count). The third-order valence-electron chi connectivity index (χ3n) is 5.12. The van der Waals surface area contributed by atoms with Gasteiger partial charge in [-0.2, -0.15) is 0 Å². The Bertz CT molecular complexity index is 1310. The van der Waals surface area contributed by atoms with Gasteiger partial charge in [0, 0.05) is 17.6 Å². The number of hydrogen-bond donors (Lipinski definition) is 4. The molecule has 4 N–H and O–H groups in total. The molecule has 0 bridgehead atoms. The SMILES string of the molecule is Cc1ccc2onc(Cn3c(=O)ccn([C@@H]4O[C@H](COP(=O)(O)O)[C@H](O)[C@@H]4O)c3=O)c2c1. The molecule has 1 aromatic carbocycles. The summed E-state index contributed by atoms with van der Waals surface area (Å²) < 4.78 is 27.6. The highest BCUT2D eigenvalue weighted by atomic mass is 31.2. The van der Waals surface area contributed by atoms with Crippen molar-refractivity contribution in [2.75, 3.05) is 6.61 Å². The van der Waals surface area contributed by atoms with Gasteiger partial charge in [0.25, 0.3) is 5.56 Å². The Labute approximate surface area is 179 Å². The molecule has 0 amide bonds. The first-order valence-electron chi connectivity index (χ1n) is 9.44. The van der Waals surface area contributed by atoms with E-state index < -0.39 is 50.2 Å². The topological polar surface area (TPSA) is 186 Å². The first-order valence-corrected chi connectivity index (χ1v) is 11.0. The van der Waals surface area contributed by atoms with Crippen molar-refractivity contribution in [1.29, 1.82) is 0 Å². The van der Waals surface area contributed by atoms with Crippen molar-refractivity contribution in [3.63, 3.8) is 0 Å². The minimum absolute atomic E-state index is 0.217. The highest BCUT2D eigenvalue weighted by Gasteiger charge is 2.45. The number of hydrogen-bond acceptors (Lipinski definition) is 9. The maximum absolute atomic E-state index is 13.0. The third kappa shape index (κ3) is 4.32. The molecule has 14 heteroatoms. The van der Waals surface area contributed by atoms with Crippen LogP contribution < -0.4 is 11.2 Å². The van der Waals surface area contributed by atoms with Gasteiger partial charge < -0.3 is 29.3 Å². The van der Waals surface area contributed by atoms with Gasteiger partial charge in [0.2, 0.25) is 0 Å². The molecule has 13 nitrogen and oxygen atoms in total. The van der Waals surface area contributed by atoms with E-state index in [1.54, 1.807) is 12.1 Å². The van der Waals surface area contributed by atoms with Crippen molar-refractivity contribution in [3.8, 4) is 0 Å². The van der Waals surface area contributed by atoms with Crippen LogP contribution in [0.1, 0.15) is 17.5 Å². The van der Waals surface area contributed by atoms with Crippen LogP contribution >= 0.6 is 7.82 Å². The number of nitrogens with zero attached hydrogens (tertiary/aromatic N) is 3. The van der Waals surface area contributed by atoms with E-state index >= 15 is 0 Å². The summed E-state index contributed by atoms with van der Waals surface area (Å²) in [7, 11) is -4.84. The Morgan fingerprint density at radius 1 is 1.19 bits per heavy atom. The van der Waals surface area contributed by atoms with Crippen LogP contribution in [-0.4, -0.2) is 59.2 Å². The van der Waals surface area contributed by atoms with E-state index in [1.807, 2.05) is 13.0 Å². The monoisotopic (exact) mass is 469 g/mol. The second-order valence-electron chi connectivity index (χ2n) is 7.39. The smallest absolute Gasteiger partial charge is 0.387 e. The predicted molar refractivity (Wildman–Crippen MR) is 107 cm³/mol. The zero-order valence-corrected chi connectivity index (χ0v) is 17.5. The molecule has 1 aliphatic rings. The summed E-state index contributed by atoms with van der Waals surface area (Å²) in [4.78, 5) is 43.1. The summed E-state index contributed by atoms with van der Waals surface area (Å²) in [5.41, 5.74) is 0.278. The van der Waals surface area contributed by atoms with E-state index in [1.165, 1.54) is 0 Å². The van der Waals surface area contributed by atoms with E-state index in [9.17, 15) is 24.4 Å². The first kappa shape index (κ1) is 22.6. The van der Waals surface area contributed by atoms with Gasteiger partial charge in [-0.15, -0.1) is 0 Å². The van der Waals surface area contributed by atoms with Gasteiger partial charge in [-0.1, -0.05) is 16.8 Å². The fraction of sp³-hybridized carbons (Fsp3) is 0.389. The summed E-state index contributed by atoms with van der Waals surface area (Å²) in [6.45, 7) is 0.928. The molecule has 1 aliphatic heterocycles. The van der Waals surface area contributed by atoms with Crippen LogP contribution in [0.3, 0.4) is 0 Å². The van der Waals surface area contributed by atoms with Crippen LogP contribution in [0, 0.1) is 6.92 Å². The number of rotatable bonds is 6. The van der Waals surface area contributed by atoms with Crippen molar-refractivity contribution in [3.05, 3.63) is 62.6 Å². The van der Waals surface area contributed by atoms with Crippen molar-refractivity contribution < 1.29 is 38.3 Å². The lowest BCUT2D eigenvalue weighted by Gasteiger charge is -2.18. The maximum atomic E-state index is 13.0. The lowest BCUT2D eigenvalue weighted by atomic mass is 10.1. The zero-order valence-electron chi connectivity index (χ0n) is 16.6. The zero-order chi connectivity index (χ0) is 23.2. The van der Waals surface area contributed by atoms with Gasteiger partial charge in [-0.25, -0.2) is 9.36 Å². The lowest BCUT2D eigenvalue weighted by molar-refractivity contribution is -0.0548. The average molecular weight is 469 g/mol. The Kier molecular flexibility index (Phi) is 5.90. The fourth-order valence-electron chi connectivity index (χ4n) is 3.50. The molecule has 0 unspecified atom stereocenters. The number of aromatic nitrogens is 3. The van der Waals surface area contributed by atoms with Crippen LogP contribution in [0.15, 0.2) is 44.6 Å². The van der Waals surface area contributed by atoms with Crippen LogP contribution in [-0.2, 0) is 20.4 Å². The van der Waals surface area contributed by atoms with E-state index in [0.29, 0.717) is 16.7 Å². The van der Waals surface area contributed by atoms with Crippen molar-refractivity contribution in [2.24, 2.45) is 0 Å². The number of aliphatic hydroxyl groups is 2. The molecule has 0 aliphatic carbocycles. The Morgan fingerprint density at radius 3 is 2.66 bits per heavy atom. The highest BCUT2D eigenvalue weighted by Crippen LogP contribution is 2.38. The second kappa shape index (κ2) is 8.37. The number of aryl methyl sites for hydroxylation is 1. The molecule has 3 aromatic rings. The molecular weight excluding hydrogens is 449 g/mol. The minimum Gasteiger partial charge on any atom is -0.387 e. The summed E-state index contributed by atoms with van der Waals surface area (Å²) >= 11 is 0. The molecule has 0 saturated carbocycles. The van der Waals surface area contributed by atoms with Gasteiger partial charge in [0.05, 0.1) is 13.2 Å². The quantitative estimate of drug-likeness (QED) is 0.332. The van der Waals surface area contributed by atoms with Crippen molar-refractivity contribution in [2.45, 2.75) is 38.0 Å². The molecule has 0 radical (unpaired) electrons. The van der Waals surface area contributed by atoms with Crippen molar-refractivity contribution in [1.82, 2.24) is 14.3 Å². The molecule has 32 heavy (non-hydrogen) atoms. The Balaban J connectivity index is 1.65. The third-order valence-corrected chi connectivity index (χ3v) is 5.61. The van der Waals surface area contributed by atoms with E-state index in [-0.39, 0.29) is 6.54 Å². The summed E-state index contributed by atoms with van der Waals surface area (Å²) in [6.07, 6.45) is -4.87. The van der Waals surface area contributed by atoms with E-state index in [4.69, 9.17) is 19.0 Å². The van der Waals surface area contributed by atoms with Crippen molar-refractivity contribution >= 4 is 18.8 Å². The molecule has 172 valence electrons. The molecule has 3 heterocycles. The fourth-order valence-corrected chi connectivity index (χ4v) is 3.85. The van der Waals surface area contributed by atoms with Crippen LogP contribution in [0.2, 0.25) is 0 Å². The van der Waals surface area contributed by atoms with Gasteiger partial charge >= 0.3 is 13.5 Å². The van der Waals surface area contributed by atoms with Crippen LogP contribution in [0.4, 0.5) is 0 Å². The normalized spacial score (nSPS) is 23.8. The maximum Gasteiger partial charge on any atom is 0.469 e. The van der Waals surface area contributed by atoms with Crippen LogP contribution in [0.5, 0.6) is 0 Å². The van der Waals surface area contributed by atoms with E-state index in [2.05, 4.69) is 9.68 Å². The molecule has 1 fully saturated rings. The molecule has 2 aromatic heterocycles. The number of fused-ring (bicyclic) bond motifs is 1. The Hall–Kier alpha value is -2.64. The van der Waals surface area contributed by atoms with Crippen LogP contribution in [0.25, 0.3) is 11.0 Å². The van der Waals surface area contributed by atoms with Gasteiger partial charge in [-0.05, 0) is 19.1 Å². The molecule has 1 saturated heterocycles. The van der Waals surface area contributed by atoms with E-state index in [0.717, 1.165) is 27.0 Å². The van der Waals surface area contributed by atoms with Gasteiger partial charge in [0.15, 0.2) is 11.8 Å².